The summed E-state index contributed by atoms with van der Waals surface area (Å²) in [7, 11) is 48.7. The van der Waals surface area contributed by atoms with Crippen molar-refractivity contribution in [2.45, 2.75) is 39.8 Å². The third-order valence-electron chi connectivity index (χ3n) is 7.46. The Balaban J connectivity index is 1.43. The van der Waals surface area contributed by atoms with E-state index in [2.05, 4.69) is 20.3 Å². The van der Waals surface area contributed by atoms with Gasteiger partial charge in [-0.3, -0.25) is 9.78 Å². The molecule has 1 aromatic carbocycles. The number of halogens is 1. The summed E-state index contributed by atoms with van der Waals surface area (Å²) in [6.07, 6.45) is 1.60. The Hall–Kier alpha value is -3.08. The highest BCUT2D eigenvalue weighted by molar-refractivity contribution is 7.99. The summed E-state index contributed by atoms with van der Waals surface area (Å²) in [6, 6.07) is 12.4. The number of amides is 1. The first-order valence-corrected chi connectivity index (χ1v) is 14.8. The Morgan fingerprint density at radius 1 is 0.957 bits per heavy atom. The van der Waals surface area contributed by atoms with E-state index in [-0.39, 0.29) is 36.3 Å². The van der Waals surface area contributed by atoms with Crippen LogP contribution < -0.4 is 10.2 Å². The van der Waals surface area contributed by atoms with Gasteiger partial charge in [0.05, 0.1) is 67.1 Å². The first kappa shape index (κ1) is 34.3. The Kier molecular flexibility index (Phi) is 9.31. The molecule has 5 rings (SSSR count). The van der Waals surface area contributed by atoms with Gasteiger partial charge in [0.25, 0.3) is 5.91 Å². The number of ether oxygens (including phenoxy) is 1. The van der Waals surface area contributed by atoms with Gasteiger partial charge in [-0.2, -0.15) is 0 Å². The van der Waals surface area contributed by atoms with Crippen LogP contribution in [-0.4, -0.2) is 123 Å². The molecule has 0 spiro atoms. The van der Waals surface area contributed by atoms with E-state index in [4.69, 9.17) is 72.6 Å². The molecule has 4 heterocycles. The standard InChI is InChI=1S/C28H20B8FN5O3S/c1-14-2-3-15(8-22(14)46-7-6-43)24(44)39-13-18-11-20-16(12-38-18)4-5-19(40-20)21-9-17(37)10-23(41-21)42-25(29,30)27(33,34)45-28(35,36)26(42,31)32/h2-5,8-12,43H,6-7,13H2,1H3,(H,39,44). The second-order valence-electron chi connectivity index (χ2n) is 11.0. The van der Waals surface area contributed by atoms with Crippen LogP contribution in [0.3, 0.4) is 0 Å². The normalized spacial score (nSPS) is 17.8. The van der Waals surface area contributed by atoms with Gasteiger partial charge in [0.15, 0.2) is 0 Å². The first-order valence-electron chi connectivity index (χ1n) is 13.8. The predicted octanol–water partition coefficient (Wildman–Crippen LogP) is -0.0465. The minimum absolute atomic E-state index is 0.0326. The van der Waals surface area contributed by atoms with E-state index in [1.165, 1.54) is 11.8 Å². The monoisotopic (exact) mass is 613 g/mol. The molecule has 2 N–H and O–H groups in total. The fourth-order valence-electron chi connectivity index (χ4n) is 4.83. The zero-order valence-corrected chi connectivity index (χ0v) is 25.6. The van der Waals surface area contributed by atoms with Crippen LogP contribution in [0.4, 0.5) is 10.2 Å². The minimum atomic E-state index is -2.41. The van der Waals surface area contributed by atoms with E-state index in [0.29, 0.717) is 27.9 Å². The number of aliphatic hydroxyl groups is 1. The van der Waals surface area contributed by atoms with Crippen molar-refractivity contribution in [3.05, 3.63) is 77.4 Å². The van der Waals surface area contributed by atoms with Crippen LogP contribution in [0.25, 0.3) is 22.3 Å². The number of nitrogens with one attached hydrogen (secondary N) is 1. The molecular weight excluding hydrogens is 592 g/mol. The van der Waals surface area contributed by atoms with Gasteiger partial charge in [-0.15, -0.1) is 11.8 Å². The molecule has 212 valence electrons. The number of aliphatic hydroxyl groups excluding tert-OH is 1. The van der Waals surface area contributed by atoms with Crippen LogP contribution in [0.1, 0.15) is 21.6 Å². The molecule has 0 aliphatic carbocycles. The summed E-state index contributed by atoms with van der Waals surface area (Å²) in [5.41, 5.74) is 2.76. The summed E-state index contributed by atoms with van der Waals surface area (Å²) in [5.74, 6) is -0.860. The number of fused-ring (bicyclic) bond motifs is 1. The summed E-state index contributed by atoms with van der Waals surface area (Å²) in [5, 5.41) is 3.09. The van der Waals surface area contributed by atoms with Crippen molar-refractivity contribution >= 4 is 97.2 Å². The van der Waals surface area contributed by atoms with Crippen molar-refractivity contribution in [3.63, 3.8) is 0 Å². The van der Waals surface area contributed by atoms with Crippen molar-refractivity contribution in [1.29, 1.82) is 0 Å². The number of morpholine rings is 1. The summed E-state index contributed by atoms with van der Waals surface area (Å²) in [4.78, 5) is 28.1. The zero-order chi connectivity index (χ0) is 33.7. The van der Waals surface area contributed by atoms with Crippen LogP contribution in [0.5, 0.6) is 0 Å². The lowest BCUT2D eigenvalue weighted by Crippen LogP contribution is -2.86. The molecule has 1 amide bonds. The van der Waals surface area contributed by atoms with Crippen molar-refractivity contribution < 1.29 is 19.0 Å². The highest BCUT2D eigenvalue weighted by atomic mass is 32.2. The minimum Gasteiger partial charge on any atom is -0.405 e. The molecule has 0 bridgehead atoms. The fourth-order valence-corrected chi connectivity index (χ4v) is 5.65. The second-order valence-corrected chi connectivity index (χ2v) is 12.1. The Morgan fingerprint density at radius 3 is 2.33 bits per heavy atom. The summed E-state index contributed by atoms with van der Waals surface area (Å²) < 4.78 is 20.3. The second kappa shape index (κ2) is 12.5. The van der Waals surface area contributed by atoms with Gasteiger partial charge in [-0.05, 0) is 64.3 Å². The lowest BCUT2D eigenvalue weighted by Gasteiger charge is -2.70. The number of nitrogens with zero attached hydrogens (tertiary/aromatic N) is 4. The van der Waals surface area contributed by atoms with E-state index in [1.807, 2.05) is 13.0 Å². The highest BCUT2D eigenvalue weighted by Gasteiger charge is 2.57. The number of anilines is 1. The number of carbonyl (C=O) groups is 1. The number of hydrogen-bond donors (Lipinski definition) is 2. The van der Waals surface area contributed by atoms with Gasteiger partial charge in [-0.25, -0.2) is 14.4 Å². The molecule has 3 aromatic heterocycles. The van der Waals surface area contributed by atoms with Crippen LogP contribution in [0.2, 0.25) is 0 Å². The maximum Gasteiger partial charge on any atom is 0.251 e. The first-order chi connectivity index (χ1) is 21.5. The number of thioether (sulfide) groups is 1. The van der Waals surface area contributed by atoms with Crippen molar-refractivity contribution in [1.82, 2.24) is 20.3 Å². The number of carbonyl (C=O) groups excluding carboxylic acids is 1. The van der Waals surface area contributed by atoms with E-state index in [0.717, 1.165) is 27.5 Å². The molecular formula is C28H20B8FN5O3S. The van der Waals surface area contributed by atoms with Crippen LogP contribution in [-0.2, 0) is 11.3 Å². The third kappa shape index (κ3) is 6.40. The molecule has 1 saturated heterocycles. The SMILES string of the molecule is [B]C1([B])OC([B])([B])C([B])([B])N(c2cc(F)cc(-c3ccc4cnc(CNC(=O)c5ccc(C)c(SCCO)c5)cc4n3)n2)C1([B])[B]. The highest BCUT2D eigenvalue weighted by Crippen LogP contribution is 2.43. The van der Waals surface area contributed by atoms with Gasteiger partial charge in [-0.1, -0.05) is 6.07 Å². The molecule has 1 aliphatic heterocycles. The number of hydrogen-bond acceptors (Lipinski definition) is 8. The van der Waals surface area contributed by atoms with Crippen LogP contribution in [0.15, 0.2) is 59.6 Å². The number of aromatic nitrogens is 3. The smallest absolute Gasteiger partial charge is 0.251 e. The third-order valence-corrected chi connectivity index (χ3v) is 8.59. The molecule has 0 atom stereocenters. The van der Waals surface area contributed by atoms with E-state index in [9.17, 15) is 4.79 Å². The Morgan fingerprint density at radius 2 is 1.65 bits per heavy atom. The Labute approximate surface area is 281 Å². The predicted molar refractivity (Wildman–Crippen MR) is 183 cm³/mol. The molecule has 8 nitrogen and oxygen atoms in total. The lowest BCUT2D eigenvalue weighted by atomic mass is 9.30. The molecule has 1 fully saturated rings. The molecule has 18 heteroatoms. The topological polar surface area (TPSA) is 100 Å². The van der Waals surface area contributed by atoms with Gasteiger partial charge >= 0.3 is 0 Å². The van der Waals surface area contributed by atoms with Gasteiger partial charge in [0, 0.05) is 39.9 Å². The quantitative estimate of drug-likeness (QED) is 0.212. The number of rotatable bonds is 8. The summed E-state index contributed by atoms with van der Waals surface area (Å²) >= 11 is 1.47. The van der Waals surface area contributed by atoms with E-state index >= 15 is 4.39 Å². The maximum absolute atomic E-state index is 15.1. The van der Waals surface area contributed by atoms with Crippen LogP contribution in [0, 0.1) is 12.7 Å². The fraction of sp³-hybridized carbons (Fsp3) is 0.286. The molecule has 16 radical (unpaired) electrons. The lowest BCUT2D eigenvalue weighted by molar-refractivity contribution is -0.0256. The molecule has 1 aliphatic rings. The number of aryl methyl sites for hydroxylation is 1. The van der Waals surface area contributed by atoms with Gasteiger partial charge in [0.2, 0.25) is 0 Å². The van der Waals surface area contributed by atoms with Crippen molar-refractivity contribution in [2.75, 3.05) is 17.3 Å². The molecule has 46 heavy (non-hydrogen) atoms. The average Bonchev–Trinajstić information content (AvgIpc) is 2.97. The summed E-state index contributed by atoms with van der Waals surface area (Å²) in [6.45, 7) is 2.08. The van der Waals surface area contributed by atoms with Crippen LogP contribution >= 0.6 is 11.8 Å². The largest absolute Gasteiger partial charge is 0.405 e. The zero-order valence-electron chi connectivity index (χ0n) is 24.8. The number of benzene rings is 1. The molecule has 0 saturated carbocycles. The van der Waals surface area contributed by atoms with Crippen molar-refractivity contribution in [3.8, 4) is 11.4 Å². The van der Waals surface area contributed by atoms with Gasteiger partial charge < -0.3 is 20.1 Å². The van der Waals surface area contributed by atoms with Crippen molar-refractivity contribution in [2.24, 2.45) is 0 Å². The molecule has 4 aromatic rings. The van der Waals surface area contributed by atoms with E-state index in [1.54, 1.807) is 36.5 Å². The number of pyridine rings is 3. The molecule has 0 unspecified atom stereocenters. The van der Waals surface area contributed by atoms with Gasteiger partial charge in [0.1, 0.15) is 43.0 Å². The average molecular weight is 612 g/mol. The maximum atomic E-state index is 15.1. The van der Waals surface area contributed by atoms with E-state index < -0.39 is 27.3 Å². The Bertz CT molecular complexity index is 1790.